The molecule has 0 bridgehead atoms. The predicted molar refractivity (Wildman–Crippen MR) is 59.9 cm³/mol. The molecule has 0 unspecified atom stereocenters. The van der Waals surface area contributed by atoms with Gasteiger partial charge in [0.1, 0.15) is 0 Å². The summed E-state index contributed by atoms with van der Waals surface area (Å²) in [5, 5.41) is 0. The van der Waals surface area contributed by atoms with Crippen LogP contribution in [0.3, 0.4) is 0 Å². The summed E-state index contributed by atoms with van der Waals surface area (Å²) < 4.78 is 34.1. The zero-order valence-corrected chi connectivity index (χ0v) is 10.4. The maximum Gasteiger partial charge on any atom is 0.302 e. The Morgan fingerprint density at radius 3 is 2.00 bits per heavy atom. The zero-order chi connectivity index (χ0) is 11.5. The fourth-order valence-corrected chi connectivity index (χ4v) is 3.75. The van der Waals surface area contributed by atoms with Crippen LogP contribution in [-0.2, 0) is 10.2 Å². The summed E-state index contributed by atoms with van der Waals surface area (Å²) in [5.41, 5.74) is -0.419. The lowest BCUT2D eigenvalue weighted by Crippen LogP contribution is -2.30. The molecule has 2 nitrogen and oxygen atoms in total. The third-order valence-corrected chi connectivity index (χ3v) is 4.59. The number of hydrogen-bond donors (Lipinski definition) is 0. The van der Waals surface area contributed by atoms with Gasteiger partial charge in [0.2, 0.25) is 0 Å². The Hall–Kier alpha value is -0.120. The summed E-state index contributed by atoms with van der Waals surface area (Å²) in [6.45, 7) is 3.75. The van der Waals surface area contributed by atoms with E-state index in [4.69, 9.17) is 0 Å². The Morgan fingerprint density at radius 1 is 1.13 bits per heavy atom. The average Bonchev–Trinajstić information content (AvgIpc) is 2.25. The molecule has 1 saturated carbocycles. The summed E-state index contributed by atoms with van der Waals surface area (Å²) in [4.78, 5) is 0. The summed E-state index contributed by atoms with van der Waals surface area (Å²) in [6.07, 6.45) is 6.86. The minimum atomic E-state index is -4.34. The first-order chi connectivity index (χ1) is 6.81. The van der Waals surface area contributed by atoms with E-state index in [9.17, 15) is 12.3 Å². The molecule has 0 aromatic rings. The Balaban J connectivity index is 2.66. The van der Waals surface area contributed by atoms with E-state index in [0.717, 1.165) is 25.7 Å². The standard InChI is InChI=1S/C11H21FO2S/c1-11(2,9-15(12,13)14)10-7-5-3-4-6-8-10/h10H,3-9H2,1-2H3. The van der Waals surface area contributed by atoms with Gasteiger partial charge in [0.15, 0.2) is 0 Å². The molecule has 0 radical (unpaired) electrons. The predicted octanol–water partition coefficient (Wildman–Crippen LogP) is 3.28. The molecule has 90 valence electrons. The molecule has 0 aliphatic heterocycles. The monoisotopic (exact) mass is 236 g/mol. The van der Waals surface area contributed by atoms with E-state index in [1.807, 2.05) is 13.8 Å². The third-order valence-electron chi connectivity index (χ3n) is 3.50. The summed E-state index contributed by atoms with van der Waals surface area (Å²) >= 11 is 0. The largest absolute Gasteiger partial charge is 0.302 e. The SMILES string of the molecule is CC(C)(CS(=O)(=O)F)C1CCCCCC1. The minimum absolute atomic E-state index is 0.329. The Kier molecular flexibility index (Phi) is 4.15. The highest BCUT2D eigenvalue weighted by Gasteiger charge is 2.34. The molecule has 1 fully saturated rings. The minimum Gasteiger partial charge on any atom is -0.195 e. The molecule has 1 aliphatic rings. The van der Waals surface area contributed by atoms with Crippen molar-refractivity contribution in [2.24, 2.45) is 11.3 Å². The first kappa shape index (κ1) is 12.9. The second kappa shape index (κ2) is 4.81. The molecule has 0 aromatic carbocycles. The van der Waals surface area contributed by atoms with Gasteiger partial charge in [0.25, 0.3) is 0 Å². The van der Waals surface area contributed by atoms with Crippen molar-refractivity contribution >= 4 is 10.2 Å². The van der Waals surface area contributed by atoms with Crippen LogP contribution in [0.5, 0.6) is 0 Å². The molecule has 0 atom stereocenters. The molecule has 0 saturated heterocycles. The molecular formula is C11H21FO2S. The lowest BCUT2D eigenvalue weighted by atomic mass is 9.76. The Labute approximate surface area is 92.5 Å². The smallest absolute Gasteiger partial charge is 0.195 e. The van der Waals surface area contributed by atoms with E-state index < -0.39 is 15.6 Å². The van der Waals surface area contributed by atoms with Crippen LogP contribution in [0.1, 0.15) is 52.4 Å². The first-order valence-corrected chi connectivity index (χ1v) is 7.29. The third kappa shape index (κ3) is 4.49. The second-order valence-electron chi connectivity index (χ2n) is 5.36. The zero-order valence-electron chi connectivity index (χ0n) is 9.63. The van der Waals surface area contributed by atoms with Crippen molar-refractivity contribution in [3.8, 4) is 0 Å². The molecule has 0 heterocycles. The van der Waals surface area contributed by atoms with Crippen LogP contribution >= 0.6 is 0 Å². The molecule has 0 aromatic heterocycles. The van der Waals surface area contributed by atoms with Gasteiger partial charge in [-0.2, -0.15) is 8.42 Å². The van der Waals surface area contributed by atoms with Gasteiger partial charge in [-0.15, -0.1) is 3.89 Å². The van der Waals surface area contributed by atoms with Gasteiger partial charge in [-0.1, -0.05) is 39.5 Å². The van der Waals surface area contributed by atoms with Gasteiger partial charge in [0.05, 0.1) is 5.75 Å². The fourth-order valence-electron chi connectivity index (χ4n) is 2.62. The number of halogens is 1. The van der Waals surface area contributed by atoms with Crippen molar-refractivity contribution in [3.05, 3.63) is 0 Å². The van der Waals surface area contributed by atoms with E-state index in [-0.39, 0.29) is 5.75 Å². The number of rotatable bonds is 3. The van der Waals surface area contributed by atoms with E-state index in [2.05, 4.69) is 0 Å². The van der Waals surface area contributed by atoms with Crippen molar-refractivity contribution < 1.29 is 12.3 Å². The van der Waals surface area contributed by atoms with Gasteiger partial charge in [-0.25, -0.2) is 0 Å². The van der Waals surface area contributed by atoms with Crippen molar-refractivity contribution in [2.75, 3.05) is 5.75 Å². The van der Waals surface area contributed by atoms with Gasteiger partial charge in [-0.3, -0.25) is 0 Å². The molecule has 0 amide bonds. The van der Waals surface area contributed by atoms with E-state index in [0.29, 0.717) is 5.92 Å². The van der Waals surface area contributed by atoms with Crippen LogP contribution in [-0.4, -0.2) is 14.2 Å². The molecule has 1 rings (SSSR count). The molecular weight excluding hydrogens is 215 g/mol. The summed E-state index contributed by atoms with van der Waals surface area (Å²) in [6, 6.07) is 0. The lowest BCUT2D eigenvalue weighted by molar-refractivity contribution is 0.216. The van der Waals surface area contributed by atoms with Crippen LogP contribution < -0.4 is 0 Å². The Morgan fingerprint density at radius 2 is 1.60 bits per heavy atom. The van der Waals surface area contributed by atoms with Crippen molar-refractivity contribution in [3.63, 3.8) is 0 Å². The van der Waals surface area contributed by atoms with Gasteiger partial charge in [0, 0.05) is 0 Å². The van der Waals surface area contributed by atoms with E-state index in [1.54, 1.807) is 0 Å². The normalized spacial score (nSPS) is 21.3. The maximum atomic E-state index is 12.7. The lowest BCUT2D eigenvalue weighted by Gasteiger charge is -2.32. The van der Waals surface area contributed by atoms with Gasteiger partial charge in [-0.05, 0) is 24.2 Å². The summed E-state index contributed by atoms with van der Waals surface area (Å²) in [5.74, 6) is 0.0236. The topological polar surface area (TPSA) is 34.1 Å². The second-order valence-corrected chi connectivity index (χ2v) is 6.73. The Bertz CT molecular complexity index is 288. The molecule has 0 N–H and O–H groups in total. The van der Waals surface area contributed by atoms with Gasteiger partial charge < -0.3 is 0 Å². The molecule has 15 heavy (non-hydrogen) atoms. The van der Waals surface area contributed by atoms with E-state index >= 15 is 0 Å². The number of hydrogen-bond acceptors (Lipinski definition) is 2. The van der Waals surface area contributed by atoms with Crippen molar-refractivity contribution in [2.45, 2.75) is 52.4 Å². The van der Waals surface area contributed by atoms with Crippen LogP contribution in [0, 0.1) is 11.3 Å². The van der Waals surface area contributed by atoms with Crippen LogP contribution in [0.15, 0.2) is 0 Å². The van der Waals surface area contributed by atoms with E-state index in [1.165, 1.54) is 12.8 Å². The highest BCUT2D eigenvalue weighted by molar-refractivity contribution is 7.86. The molecule has 4 heteroatoms. The first-order valence-electron chi connectivity index (χ1n) is 5.74. The fraction of sp³-hybridized carbons (Fsp3) is 1.00. The molecule has 0 spiro atoms. The highest BCUT2D eigenvalue weighted by atomic mass is 32.3. The van der Waals surface area contributed by atoms with Crippen LogP contribution in [0.4, 0.5) is 3.89 Å². The molecule has 1 aliphatic carbocycles. The highest BCUT2D eigenvalue weighted by Crippen LogP contribution is 2.38. The maximum absolute atomic E-state index is 12.7. The van der Waals surface area contributed by atoms with Crippen molar-refractivity contribution in [1.82, 2.24) is 0 Å². The average molecular weight is 236 g/mol. The van der Waals surface area contributed by atoms with Crippen LogP contribution in [0.25, 0.3) is 0 Å². The quantitative estimate of drug-likeness (QED) is 0.556. The van der Waals surface area contributed by atoms with Crippen molar-refractivity contribution in [1.29, 1.82) is 0 Å². The summed E-state index contributed by atoms with van der Waals surface area (Å²) in [7, 11) is -4.34. The van der Waals surface area contributed by atoms with Gasteiger partial charge >= 0.3 is 10.2 Å². The van der Waals surface area contributed by atoms with Crippen LogP contribution in [0.2, 0.25) is 0 Å².